The summed E-state index contributed by atoms with van der Waals surface area (Å²) in [5.41, 5.74) is 1.34. The number of benzene rings is 2. The van der Waals surface area contributed by atoms with Gasteiger partial charge in [0.15, 0.2) is 0 Å². The van der Waals surface area contributed by atoms with Crippen LogP contribution >= 0.6 is 23.2 Å². The Labute approximate surface area is 175 Å². The SMILES string of the molecule is O=C(/C=C/c1c(Cl)cccc1Cl)N1CCN(S(=O)(=O)Cc2ccccc2)CC1. The van der Waals surface area contributed by atoms with Gasteiger partial charge in [0.25, 0.3) is 0 Å². The van der Waals surface area contributed by atoms with Crippen LogP contribution in [0.3, 0.4) is 0 Å². The molecule has 1 saturated heterocycles. The number of sulfonamides is 1. The van der Waals surface area contributed by atoms with E-state index in [-0.39, 0.29) is 24.7 Å². The zero-order chi connectivity index (χ0) is 20.1. The highest BCUT2D eigenvalue weighted by molar-refractivity contribution is 7.88. The van der Waals surface area contributed by atoms with Gasteiger partial charge in [-0.3, -0.25) is 4.79 Å². The van der Waals surface area contributed by atoms with E-state index in [1.807, 2.05) is 18.2 Å². The monoisotopic (exact) mass is 438 g/mol. The molecule has 1 fully saturated rings. The Morgan fingerprint density at radius 2 is 1.54 bits per heavy atom. The summed E-state index contributed by atoms with van der Waals surface area (Å²) < 4.78 is 26.6. The van der Waals surface area contributed by atoms with E-state index in [9.17, 15) is 13.2 Å². The minimum atomic E-state index is -3.41. The van der Waals surface area contributed by atoms with E-state index >= 15 is 0 Å². The fourth-order valence-corrected chi connectivity index (χ4v) is 5.03. The number of nitrogens with zero attached hydrogens (tertiary/aromatic N) is 2. The molecular weight excluding hydrogens is 419 g/mol. The maximum atomic E-state index is 12.6. The van der Waals surface area contributed by atoms with Gasteiger partial charge in [-0.15, -0.1) is 0 Å². The van der Waals surface area contributed by atoms with E-state index in [1.165, 1.54) is 10.4 Å². The van der Waals surface area contributed by atoms with Gasteiger partial charge in [0.1, 0.15) is 0 Å². The van der Waals surface area contributed by atoms with Gasteiger partial charge >= 0.3 is 0 Å². The molecule has 148 valence electrons. The molecule has 0 radical (unpaired) electrons. The lowest BCUT2D eigenvalue weighted by Gasteiger charge is -2.33. The normalized spacial score (nSPS) is 15.9. The van der Waals surface area contributed by atoms with E-state index in [1.54, 1.807) is 41.3 Å². The van der Waals surface area contributed by atoms with Crippen molar-refractivity contribution >= 4 is 45.2 Å². The van der Waals surface area contributed by atoms with Crippen molar-refractivity contribution in [3.63, 3.8) is 0 Å². The highest BCUT2D eigenvalue weighted by Crippen LogP contribution is 2.25. The van der Waals surface area contributed by atoms with E-state index in [0.717, 1.165) is 5.56 Å². The fourth-order valence-electron chi connectivity index (χ4n) is 2.99. The molecule has 1 amide bonds. The van der Waals surface area contributed by atoms with Crippen molar-refractivity contribution in [3.05, 3.63) is 75.8 Å². The first kappa shape index (κ1) is 20.9. The van der Waals surface area contributed by atoms with Crippen molar-refractivity contribution in [2.75, 3.05) is 26.2 Å². The van der Waals surface area contributed by atoms with Gasteiger partial charge in [0, 0.05) is 47.9 Å². The van der Waals surface area contributed by atoms with Crippen molar-refractivity contribution in [1.82, 2.24) is 9.21 Å². The lowest BCUT2D eigenvalue weighted by atomic mass is 10.2. The van der Waals surface area contributed by atoms with Crippen molar-refractivity contribution in [2.45, 2.75) is 5.75 Å². The number of amides is 1. The number of carbonyl (C=O) groups excluding carboxylic acids is 1. The first-order valence-electron chi connectivity index (χ1n) is 8.79. The molecule has 0 aromatic heterocycles. The van der Waals surface area contributed by atoms with Crippen LogP contribution in [0.1, 0.15) is 11.1 Å². The maximum Gasteiger partial charge on any atom is 0.246 e. The Morgan fingerprint density at radius 3 is 2.14 bits per heavy atom. The molecule has 0 aliphatic carbocycles. The van der Waals surface area contributed by atoms with E-state index in [0.29, 0.717) is 28.7 Å². The third kappa shape index (κ3) is 5.14. The average Bonchev–Trinajstić information content (AvgIpc) is 2.68. The second-order valence-corrected chi connectivity index (χ2v) is 9.22. The molecule has 3 rings (SSSR count). The van der Waals surface area contributed by atoms with Crippen LogP contribution in [0.5, 0.6) is 0 Å². The van der Waals surface area contributed by atoms with Crippen molar-refractivity contribution in [2.24, 2.45) is 0 Å². The fraction of sp³-hybridized carbons (Fsp3) is 0.250. The summed E-state index contributed by atoms with van der Waals surface area (Å²) in [4.78, 5) is 14.0. The van der Waals surface area contributed by atoms with E-state index < -0.39 is 10.0 Å². The second-order valence-electron chi connectivity index (χ2n) is 6.43. The van der Waals surface area contributed by atoms with E-state index in [4.69, 9.17) is 23.2 Å². The smallest absolute Gasteiger partial charge is 0.246 e. The minimum Gasteiger partial charge on any atom is -0.337 e. The highest BCUT2D eigenvalue weighted by atomic mass is 35.5. The molecule has 5 nitrogen and oxygen atoms in total. The third-order valence-corrected chi connectivity index (χ3v) is 7.04. The van der Waals surface area contributed by atoms with Gasteiger partial charge in [0.2, 0.25) is 15.9 Å². The predicted molar refractivity (Wildman–Crippen MR) is 113 cm³/mol. The maximum absolute atomic E-state index is 12.6. The van der Waals surface area contributed by atoms with Gasteiger partial charge in [0.05, 0.1) is 5.75 Å². The molecule has 2 aromatic carbocycles. The number of hydrogen-bond acceptors (Lipinski definition) is 3. The quantitative estimate of drug-likeness (QED) is 0.668. The number of piperazine rings is 1. The largest absolute Gasteiger partial charge is 0.337 e. The Kier molecular flexibility index (Phi) is 6.78. The Balaban J connectivity index is 1.59. The topological polar surface area (TPSA) is 57.7 Å². The standard InChI is InChI=1S/C20H20Cl2N2O3S/c21-18-7-4-8-19(22)17(18)9-10-20(25)23-11-13-24(14-12-23)28(26,27)15-16-5-2-1-3-6-16/h1-10H,11-15H2/b10-9+. The summed E-state index contributed by atoms with van der Waals surface area (Å²) in [6, 6.07) is 14.2. The molecular formula is C20H20Cl2N2O3S. The zero-order valence-corrected chi connectivity index (χ0v) is 17.4. The third-order valence-electron chi connectivity index (χ3n) is 4.53. The lowest BCUT2D eigenvalue weighted by molar-refractivity contribution is -0.127. The predicted octanol–water partition coefficient (Wildman–Crippen LogP) is 3.68. The van der Waals surface area contributed by atoms with Gasteiger partial charge < -0.3 is 4.90 Å². The Morgan fingerprint density at radius 1 is 0.929 bits per heavy atom. The summed E-state index contributed by atoms with van der Waals surface area (Å²) >= 11 is 12.2. The van der Waals surface area contributed by atoms with Crippen LogP contribution in [-0.4, -0.2) is 49.7 Å². The summed E-state index contributed by atoms with van der Waals surface area (Å²) in [7, 11) is -3.41. The second kappa shape index (κ2) is 9.09. The van der Waals surface area contributed by atoms with Crippen molar-refractivity contribution in [3.8, 4) is 0 Å². The molecule has 0 bridgehead atoms. The summed E-state index contributed by atoms with van der Waals surface area (Å²) in [6.45, 7) is 1.24. The van der Waals surface area contributed by atoms with Gasteiger partial charge in [-0.2, -0.15) is 4.31 Å². The van der Waals surface area contributed by atoms with E-state index in [2.05, 4.69) is 0 Å². The number of carbonyl (C=O) groups is 1. The van der Waals surface area contributed by atoms with Gasteiger partial charge in [-0.25, -0.2) is 8.42 Å². The molecule has 1 aliphatic heterocycles. The molecule has 0 saturated carbocycles. The Bertz CT molecular complexity index is 950. The summed E-state index contributed by atoms with van der Waals surface area (Å²) in [6.07, 6.45) is 3.01. The summed E-state index contributed by atoms with van der Waals surface area (Å²) in [5, 5.41) is 0.932. The summed E-state index contributed by atoms with van der Waals surface area (Å²) in [5.74, 6) is -0.233. The molecule has 0 atom stereocenters. The number of rotatable bonds is 5. The number of halogens is 2. The minimum absolute atomic E-state index is 0.0350. The van der Waals surface area contributed by atoms with Gasteiger partial charge in [-0.05, 0) is 23.8 Å². The molecule has 8 heteroatoms. The van der Waals surface area contributed by atoms with Crippen LogP contribution in [-0.2, 0) is 20.6 Å². The number of hydrogen-bond donors (Lipinski definition) is 0. The van der Waals surface area contributed by atoms with Crippen LogP contribution < -0.4 is 0 Å². The van der Waals surface area contributed by atoms with Crippen LogP contribution in [0.15, 0.2) is 54.6 Å². The lowest BCUT2D eigenvalue weighted by Crippen LogP contribution is -2.50. The van der Waals surface area contributed by atoms with Crippen molar-refractivity contribution < 1.29 is 13.2 Å². The van der Waals surface area contributed by atoms with Crippen LogP contribution in [0.4, 0.5) is 0 Å². The zero-order valence-electron chi connectivity index (χ0n) is 15.1. The van der Waals surface area contributed by atoms with Crippen LogP contribution in [0.25, 0.3) is 6.08 Å². The van der Waals surface area contributed by atoms with Crippen LogP contribution in [0, 0.1) is 0 Å². The molecule has 0 unspecified atom stereocenters. The Hall–Kier alpha value is -1.86. The van der Waals surface area contributed by atoms with Crippen molar-refractivity contribution in [1.29, 1.82) is 0 Å². The first-order valence-corrected chi connectivity index (χ1v) is 11.2. The molecule has 0 spiro atoms. The van der Waals surface area contributed by atoms with Crippen LogP contribution in [0.2, 0.25) is 10.0 Å². The molecule has 28 heavy (non-hydrogen) atoms. The molecule has 2 aromatic rings. The molecule has 0 N–H and O–H groups in total. The molecule has 1 aliphatic rings. The van der Waals surface area contributed by atoms with Gasteiger partial charge in [-0.1, -0.05) is 59.6 Å². The first-order chi connectivity index (χ1) is 13.4. The highest BCUT2D eigenvalue weighted by Gasteiger charge is 2.28. The molecule has 1 heterocycles. The average molecular weight is 439 g/mol.